The molecule has 0 aliphatic heterocycles. The number of hydrogen-bond donors (Lipinski definition) is 0. The van der Waals surface area contributed by atoms with Gasteiger partial charge in [-0.15, -0.1) is 0 Å². The van der Waals surface area contributed by atoms with Crippen LogP contribution in [-0.2, 0) is 0 Å². The summed E-state index contributed by atoms with van der Waals surface area (Å²) in [4.78, 5) is 0. The lowest BCUT2D eigenvalue weighted by atomic mass is 9.77. The Morgan fingerprint density at radius 1 is 0.781 bits per heavy atom. The van der Waals surface area contributed by atoms with E-state index in [1.54, 1.807) is 0 Å². The molecule has 1 fully saturated rings. The van der Waals surface area contributed by atoms with E-state index in [0.29, 0.717) is 11.5 Å². The van der Waals surface area contributed by atoms with Gasteiger partial charge in [-0.3, -0.25) is 0 Å². The van der Waals surface area contributed by atoms with Crippen LogP contribution in [0.5, 0.6) is 0 Å². The van der Waals surface area contributed by atoms with E-state index in [0.717, 1.165) is 23.6 Å². The zero-order valence-corrected chi connectivity index (χ0v) is 18.3. The van der Waals surface area contributed by atoms with Gasteiger partial charge in [0.15, 0.2) is 0 Å². The van der Waals surface area contributed by atoms with Crippen LogP contribution in [0.4, 0.5) is 13.2 Å². The van der Waals surface area contributed by atoms with Crippen molar-refractivity contribution in [2.75, 3.05) is 0 Å². The predicted octanol–water partition coefficient (Wildman–Crippen LogP) is 8.24. The van der Waals surface area contributed by atoms with Gasteiger partial charge < -0.3 is 0 Å². The first kappa shape index (κ1) is 22.2. The van der Waals surface area contributed by atoms with Crippen molar-refractivity contribution >= 4 is 0 Å². The molecule has 0 radical (unpaired) electrons. The van der Waals surface area contributed by atoms with E-state index in [2.05, 4.69) is 30.9 Å². The number of benzene rings is 3. The minimum absolute atomic E-state index is 0.00619. The first-order valence-electron chi connectivity index (χ1n) is 11.4. The molecule has 0 amide bonds. The Bertz CT molecular complexity index is 1110. The lowest BCUT2D eigenvalue weighted by molar-refractivity contribution is 0.308. The average molecular weight is 433 g/mol. The Hall–Kier alpha value is -2.99. The van der Waals surface area contributed by atoms with E-state index in [-0.39, 0.29) is 11.1 Å². The zero-order chi connectivity index (χ0) is 22.5. The molecule has 1 saturated carbocycles. The van der Waals surface area contributed by atoms with Gasteiger partial charge in [-0.2, -0.15) is 0 Å². The largest absolute Gasteiger partial charge is 0.207 e. The molecule has 0 saturated heterocycles. The van der Waals surface area contributed by atoms with Crippen molar-refractivity contribution in [3.63, 3.8) is 0 Å². The van der Waals surface area contributed by atoms with Crippen LogP contribution >= 0.6 is 0 Å². The summed E-state index contributed by atoms with van der Waals surface area (Å²) in [5.41, 5.74) is 2.63. The van der Waals surface area contributed by atoms with E-state index < -0.39 is 17.5 Å². The van der Waals surface area contributed by atoms with Crippen LogP contribution in [0, 0.1) is 35.2 Å². The first-order chi connectivity index (χ1) is 15.5. The highest BCUT2D eigenvalue weighted by Crippen LogP contribution is 2.37. The third-order valence-electron chi connectivity index (χ3n) is 6.48. The van der Waals surface area contributed by atoms with E-state index in [4.69, 9.17) is 0 Å². The molecule has 164 valence electrons. The Balaban J connectivity index is 1.46. The summed E-state index contributed by atoms with van der Waals surface area (Å²) >= 11 is 0. The van der Waals surface area contributed by atoms with Gasteiger partial charge in [-0.1, -0.05) is 55.9 Å². The van der Waals surface area contributed by atoms with Gasteiger partial charge in [0.2, 0.25) is 0 Å². The minimum atomic E-state index is -0.598. The predicted molar refractivity (Wildman–Crippen MR) is 124 cm³/mol. The summed E-state index contributed by atoms with van der Waals surface area (Å²) in [6.45, 7) is 2.26. The fraction of sp³-hybridized carbons (Fsp3) is 0.310. The monoisotopic (exact) mass is 432 g/mol. The molecule has 32 heavy (non-hydrogen) atoms. The molecule has 4 rings (SSSR count). The molecule has 3 aromatic rings. The van der Waals surface area contributed by atoms with E-state index in [9.17, 15) is 13.2 Å². The topological polar surface area (TPSA) is 0 Å². The third-order valence-corrected chi connectivity index (χ3v) is 6.48. The first-order valence-corrected chi connectivity index (χ1v) is 11.4. The van der Waals surface area contributed by atoms with Crippen molar-refractivity contribution < 1.29 is 13.2 Å². The summed E-state index contributed by atoms with van der Waals surface area (Å²) < 4.78 is 42.2. The normalized spacial score (nSPS) is 18.1. The van der Waals surface area contributed by atoms with Gasteiger partial charge in [0.25, 0.3) is 0 Å². The number of rotatable bonds is 4. The summed E-state index contributed by atoms with van der Waals surface area (Å²) in [5, 5.41) is 0. The lowest BCUT2D eigenvalue weighted by Crippen LogP contribution is -2.13. The van der Waals surface area contributed by atoms with Crippen molar-refractivity contribution in [1.82, 2.24) is 0 Å². The van der Waals surface area contributed by atoms with Crippen molar-refractivity contribution in [3.8, 4) is 23.0 Å². The van der Waals surface area contributed by atoms with Crippen molar-refractivity contribution in [1.29, 1.82) is 0 Å². The quantitative estimate of drug-likeness (QED) is 0.364. The molecule has 0 heterocycles. The van der Waals surface area contributed by atoms with Gasteiger partial charge in [0, 0.05) is 11.1 Å². The van der Waals surface area contributed by atoms with Crippen LogP contribution in [0.2, 0.25) is 0 Å². The lowest BCUT2D eigenvalue weighted by Gasteiger charge is -2.28. The van der Waals surface area contributed by atoms with Crippen LogP contribution in [0.3, 0.4) is 0 Å². The summed E-state index contributed by atoms with van der Waals surface area (Å²) in [6, 6.07) is 15.7. The zero-order valence-electron chi connectivity index (χ0n) is 18.3. The number of hydrogen-bond acceptors (Lipinski definition) is 0. The maximum absolute atomic E-state index is 14.5. The van der Waals surface area contributed by atoms with Crippen LogP contribution in [0.25, 0.3) is 11.1 Å². The molecule has 0 N–H and O–H groups in total. The molecule has 1 aliphatic carbocycles. The standard InChI is InChI=1S/C29H27F3/c1-2-3-20-4-9-22(10-5-20)23-11-6-21(7-12-23)8-13-25-18-29(32)27(19-28(25)31)24-14-16-26(30)17-15-24/h6-7,11-12,14-20,22H,2-5,9-10H2,1H3. The van der Waals surface area contributed by atoms with Gasteiger partial charge >= 0.3 is 0 Å². The molecule has 1 aliphatic rings. The molecule has 0 atom stereocenters. The highest BCUT2D eigenvalue weighted by molar-refractivity contribution is 5.65. The smallest absolute Gasteiger partial charge is 0.139 e. The third kappa shape index (κ3) is 5.25. The Labute approximate surface area is 188 Å². The fourth-order valence-corrected chi connectivity index (χ4v) is 4.66. The van der Waals surface area contributed by atoms with Gasteiger partial charge in [-0.25, -0.2) is 13.2 Å². The van der Waals surface area contributed by atoms with E-state index in [1.165, 1.54) is 68.4 Å². The van der Waals surface area contributed by atoms with Crippen LogP contribution in [-0.4, -0.2) is 0 Å². The summed E-state index contributed by atoms with van der Waals surface area (Å²) in [6.07, 6.45) is 7.68. The van der Waals surface area contributed by atoms with Gasteiger partial charge in [0.05, 0.1) is 5.56 Å². The maximum atomic E-state index is 14.5. The van der Waals surface area contributed by atoms with Crippen LogP contribution in [0.15, 0.2) is 60.7 Å². The molecule has 0 bridgehead atoms. The second-order valence-electron chi connectivity index (χ2n) is 8.70. The molecule has 0 unspecified atom stereocenters. The molecular weight excluding hydrogens is 405 g/mol. The molecule has 0 nitrogen and oxygen atoms in total. The van der Waals surface area contributed by atoms with Gasteiger partial charge in [-0.05, 0) is 85.0 Å². The van der Waals surface area contributed by atoms with Crippen molar-refractivity contribution in [2.45, 2.75) is 51.4 Å². The minimum Gasteiger partial charge on any atom is -0.207 e. The molecule has 3 heteroatoms. The fourth-order valence-electron chi connectivity index (χ4n) is 4.66. The molecule has 3 aromatic carbocycles. The van der Waals surface area contributed by atoms with Crippen LogP contribution < -0.4 is 0 Å². The molecule has 0 aromatic heterocycles. The highest BCUT2D eigenvalue weighted by Gasteiger charge is 2.21. The molecular formula is C29H27F3. The molecule has 0 spiro atoms. The summed E-state index contributed by atoms with van der Waals surface area (Å²) in [7, 11) is 0. The highest BCUT2D eigenvalue weighted by atomic mass is 19.1. The number of halogens is 3. The average Bonchev–Trinajstić information content (AvgIpc) is 2.81. The Morgan fingerprint density at radius 2 is 1.47 bits per heavy atom. The maximum Gasteiger partial charge on any atom is 0.139 e. The van der Waals surface area contributed by atoms with Crippen molar-refractivity contribution in [2.24, 2.45) is 5.92 Å². The second-order valence-corrected chi connectivity index (χ2v) is 8.70. The second kappa shape index (κ2) is 10.1. The van der Waals surface area contributed by atoms with Crippen molar-refractivity contribution in [3.05, 3.63) is 94.8 Å². The summed E-state index contributed by atoms with van der Waals surface area (Å²) in [5.74, 6) is 5.57. The van der Waals surface area contributed by atoms with E-state index >= 15 is 0 Å². The SMILES string of the molecule is CCCC1CCC(c2ccc(C#Cc3cc(F)c(-c4ccc(F)cc4)cc3F)cc2)CC1. The van der Waals surface area contributed by atoms with E-state index in [1.807, 2.05) is 12.1 Å². The Kier molecular flexibility index (Phi) is 7.00. The van der Waals surface area contributed by atoms with Crippen LogP contribution in [0.1, 0.15) is 68.1 Å². The van der Waals surface area contributed by atoms with Gasteiger partial charge in [0.1, 0.15) is 17.5 Å². The Morgan fingerprint density at radius 3 is 2.12 bits per heavy atom.